The molecule has 0 N–H and O–H groups in total. The van der Waals surface area contributed by atoms with E-state index in [2.05, 4.69) is 0 Å². The smallest absolute Gasteiger partial charge is 0.342 e. The molecule has 7 nitrogen and oxygen atoms in total. The van der Waals surface area contributed by atoms with E-state index >= 15 is 0 Å². The molecule has 0 spiro atoms. The summed E-state index contributed by atoms with van der Waals surface area (Å²) in [4.78, 5) is 26.4. The maximum atomic E-state index is 12.8. The van der Waals surface area contributed by atoms with Crippen LogP contribution in [-0.2, 0) is 25.9 Å². The fourth-order valence-corrected chi connectivity index (χ4v) is 4.34. The molecule has 2 heterocycles. The maximum Gasteiger partial charge on any atom is 0.342 e. The van der Waals surface area contributed by atoms with E-state index in [1.165, 1.54) is 11.0 Å². The lowest BCUT2D eigenvalue weighted by atomic mass is 10.2. The van der Waals surface area contributed by atoms with Gasteiger partial charge in [-0.2, -0.15) is 0 Å². The van der Waals surface area contributed by atoms with Crippen molar-refractivity contribution in [3.05, 3.63) is 70.5 Å². The van der Waals surface area contributed by atoms with Crippen molar-refractivity contribution in [1.82, 2.24) is 4.90 Å². The zero-order valence-corrected chi connectivity index (χ0v) is 16.4. The van der Waals surface area contributed by atoms with Gasteiger partial charge in [-0.1, -0.05) is 30.3 Å². The molecular formula is C20H21NO6S. The second-order valence-electron chi connectivity index (χ2n) is 6.64. The van der Waals surface area contributed by atoms with Gasteiger partial charge in [0.25, 0.3) is 5.91 Å². The third-order valence-corrected chi connectivity index (χ3v) is 5.79. The van der Waals surface area contributed by atoms with Crippen molar-refractivity contribution >= 4 is 21.7 Å². The Morgan fingerprint density at radius 2 is 1.93 bits per heavy atom. The summed E-state index contributed by atoms with van der Waals surface area (Å²) in [7, 11) is -3.34. The molecule has 1 aliphatic rings. The molecule has 28 heavy (non-hydrogen) atoms. The summed E-state index contributed by atoms with van der Waals surface area (Å²) >= 11 is 0. The van der Waals surface area contributed by atoms with Gasteiger partial charge in [0.05, 0.1) is 11.8 Å². The fraction of sp³-hybridized carbons (Fsp3) is 0.300. The number of hydrogen-bond acceptors (Lipinski definition) is 6. The van der Waals surface area contributed by atoms with Gasteiger partial charge in [-0.25, -0.2) is 13.2 Å². The largest absolute Gasteiger partial charge is 0.466 e. The average molecular weight is 403 g/mol. The zero-order chi connectivity index (χ0) is 20.3. The molecule has 1 aromatic heterocycles. The van der Waals surface area contributed by atoms with Crippen LogP contribution in [0.2, 0.25) is 0 Å². The van der Waals surface area contributed by atoms with Gasteiger partial charge in [0.2, 0.25) is 0 Å². The molecule has 148 valence electrons. The molecule has 0 unspecified atom stereocenters. The maximum absolute atomic E-state index is 12.8. The van der Waals surface area contributed by atoms with Gasteiger partial charge < -0.3 is 14.1 Å². The number of ether oxygens (including phenoxy) is 1. The number of nitrogens with zero attached hydrogens (tertiary/aromatic N) is 1. The Morgan fingerprint density at radius 1 is 1.21 bits per heavy atom. The molecule has 0 aliphatic carbocycles. The molecule has 1 atom stereocenters. The van der Waals surface area contributed by atoms with E-state index in [1.54, 1.807) is 19.9 Å². The lowest BCUT2D eigenvalue weighted by molar-refractivity contribution is -0.136. The van der Waals surface area contributed by atoms with Crippen LogP contribution in [0.1, 0.15) is 27.4 Å². The Balaban J connectivity index is 1.72. The summed E-state index contributed by atoms with van der Waals surface area (Å²) in [5.74, 6) is -0.318. The minimum absolute atomic E-state index is 0.181. The molecule has 0 fully saturated rings. The minimum atomic E-state index is -3.34. The van der Waals surface area contributed by atoms with E-state index in [-0.39, 0.29) is 17.9 Å². The normalized spacial score (nSPS) is 17.4. The van der Waals surface area contributed by atoms with E-state index in [9.17, 15) is 18.0 Å². The van der Waals surface area contributed by atoms with Crippen molar-refractivity contribution in [3.63, 3.8) is 0 Å². The molecule has 1 aliphatic heterocycles. The quantitative estimate of drug-likeness (QED) is 0.688. The van der Waals surface area contributed by atoms with E-state index in [4.69, 9.17) is 9.15 Å². The van der Waals surface area contributed by atoms with Crippen LogP contribution in [0.25, 0.3) is 0 Å². The highest BCUT2D eigenvalue weighted by Gasteiger charge is 2.31. The molecule has 0 bridgehead atoms. The van der Waals surface area contributed by atoms with E-state index in [1.807, 2.05) is 30.3 Å². The number of aryl methyl sites for hydroxylation is 2. The molecule has 3 rings (SSSR count). The van der Waals surface area contributed by atoms with Crippen molar-refractivity contribution in [2.75, 3.05) is 12.4 Å². The first kappa shape index (κ1) is 19.9. The van der Waals surface area contributed by atoms with Crippen molar-refractivity contribution < 1.29 is 27.2 Å². The van der Waals surface area contributed by atoms with Crippen LogP contribution < -0.4 is 0 Å². The third-order valence-electron chi connectivity index (χ3n) is 4.42. The highest BCUT2D eigenvalue weighted by molar-refractivity contribution is 7.94. The number of rotatable bonds is 6. The third kappa shape index (κ3) is 4.69. The first-order valence-electron chi connectivity index (χ1n) is 8.74. The number of sulfone groups is 1. The standard InChI is InChI=1S/C20H21NO6S/c1-14-10-18(15(2)27-14)20(23)26-12-19(22)21(11-16-6-4-3-5-7-16)17-8-9-28(24,25)13-17/h3-10,17H,11-13H2,1-2H3/t17-/m0/s1. The summed E-state index contributed by atoms with van der Waals surface area (Å²) in [6.07, 6.45) is 1.49. The van der Waals surface area contributed by atoms with Gasteiger partial charge in [0.1, 0.15) is 17.1 Å². The number of hydrogen-bond donors (Lipinski definition) is 0. The minimum Gasteiger partial charge on any atom is -0.466 e. The van der Waals surface area contributed by atoms with Gasteiger partial charge >= 0.3 is 5.97 Å². The van der Waals surface area contributed by atoms with Crippen molar-refractivity contribution in [2.45, 2.75) is 26.4 Å². The molecule has 1 amide bonds. The second kappa shape index (κ2) is 8.02. The molecule has 0 saturated carbocycles. The topological polar surface area (TPSA) is 93.9 Å². The summed E-state index contributed by atoms with van der Waals surface area (Å²) in [5.41, 5.74) is 1.12. The lowest BCUT2D eigenvalue weighted by Crippen LogP contribution is -2.42. The molecule has 0 saturated heterocycles. The first-order chi connectivity index (χ1) is 13.2. The summed E-state index contributed by atoms with van der Waals surface area (Å²) < 4.78 is 34.0. The van der Waals surface area contributed by atoms with Crippen LogP contribution in [0.5, 0.6) is 0 Å². The van der Waals surface area contributed by atoms with Crippen LogP contribution in [-0.4, -0.2) is 43.6 Å². The SMILES string of the molecule is Cc1cc(C(=O)OCC(=O)N(Cc2ccccc2)[C@H]2C=CS(=O)(=O)C2)c(C)o1. The Kier molecular flexibility index (Phi) is 5.69. The summed E-state index contributed by atoms with van der Waals surface area (Å²) in [5, 5.41) is 1.12. The number of benzene rings is 1. The van der Waals surface area contributed by atoms with Gasteiger partial charge in [-0.3, -0.25) is 4.79 Å². The van der Waals surface area contributed by atoms with Crippen molar-refractivity contribution in [1.29, 1.82) is 0 Å². The van der Waals surface area contributed by atoms with E-state index in [0.717, 1.165) is 11.0 Å². The van der Waals surface area contributed by atoms with Gasteiger partial charge in [-0.05, 0) is 31.6 Å². The molecule has 2 aromatic rings. The molecule has 0 radical (unpaired) electrons. The van der Waals surface area contributed by atoms with Gasteiger partial charge in [-0.15, -0.1) is 0 Å². The van der Waals surface area contributed by atoms with Crippen LogP contribution in [0, 0.1) is 13.8 Å². The Labute approximate surface area is 163 Å². The van der Waals surface area contributed by atoms with Crippen LogP contribution in [0.4, 0.5) is 0 Å². The highest BCUT2D eigenvalue weighted by Crippen LogP contribution is 2.19. The molecule has 1 aromatic carbocycles. The average Bonchev–Trinajstić information content (AvgIpc) is 3.18. The van der Waals surface area contributed by atoms with Crippen LogP contribution in [0.15, 0.2) is 52.3 Å². The van der Waals surface area contributed by atoms with Crippen molar-refractivity contribution in [2.24, 2.45) is 0 Å². The zero-order valence-electron chi connectivity index (χ0n) is 15.6. The number of carbonyl (C=O) groups is 2. The predicted molar refractivity (Wildman–Crippen MR) is 102 cm³/mol. The van der Waals surface area contributed by atoms with E-state index < -0.39 is 34.4 Å². The van der Waals surface area contributed by atoms with Crippen LogP contribution in [0.3, 0.4) is 0 Å². The van der Waals surface area contributed by atoms with Gasteiger partial charge in [0, 0.05) is 12.0 Å². The number of furan rings is 1. The van der Waals surface area contributed by atoms with Crippen LogP contribution >= 0.6 is 0 Å². The Hall–Kier alpha value is -2.87. The highest BCUT2D eigenvalue weighted by atomic mass is 32.2. The Morgan fingerprint density at radius 3 is 2.50 bits per heavy atom. The van der Waals surface area contributed by atoms with E-state index in [0.29, 0.717) is 11.5 Å². The van der Waals surface area contributed by atoms with Crippen molar-refractivity contribution in [3.8, 4) is 0 Å². The second-order valence-corrected chi connectivity index (χ2v) is 8.57. The summed E-state index contributed by atoms with van der Waals surface area (Å²) in [6, 6.07) is 10.2. The monoisotopic (exact) mass is 403 g/mol. The number of carbonyl (C=O) groups excluding carboxylic acids is 2. The van der Waals surface area contributed by atoms with Gasteiger partial charge in [0.15, 0.2) is 16.4 Å². The number of esters is 1. The summed E-state index contributed by atoms with van der Waals surface area (Å²) in [6.45, 7) is 3.08. The predicted octanol–water partition coefficient (Wildman–Crippen LogP) is 2.39. The molecule has 8 heteroatoms. The molecular weight excluding hydrogens is 382 g/mol. The lowest BCUT2D eigenvalue weighted by Gasteiger charge is -2.27. The first-order valence-corrected chi connectivity index (χ1v) is 10.5. The fourth-order valence-electron chi connectivity index (χ4n) is 3.05. The Bertz CT molecular complexity index is 1010. The number of amides is 1.